The molecule has 10 heavy (non-hydrogen) atoms. The number of halogens is 1. The number of hydrogen-bond acceptors (Lipinski definition) is 1. The van der Waals surface area contributed by atoms with Crippen LogP contribution in [0.1, 0.15) is 26.7 Å². The van der Waals surface area contributed by atoms with Crippen LogP contribution in [0.2, 0.25) is 0 Å². The monoisotopic (exact) mass is 253 g/mol. The van der Waals surface area contributed by atoms with Gasteiger partial charge in [-0.15, -0.1) is 0 Å². The Bertz CT molecular complexity index is 116. The minimum absolute atomic E-state index is 0.586. The first kappa shape index (κ1) is 8.78. The van der Waals surface area contributed by atoms with Gasteiger partial charge in [0.15, 0.2) is 0 Å². The number of alkyl halides is 1. The van der Waals surface area contributed by atoms with Gasteiger partial charge in [-0.2, -0.15) is 0 Å². The smallest absolute Gasteiger partial charge is 0.0269 e. The molecule has 0 aromatic rings. The second-order valence-electron chi connectivity index (χ2n) is 3.24. The Kier molecular flexibility index (Phi) is 2.98. The van der Waals surface area contributed by atoms with Gasteiger partial charge in [0.1, 0.15) is 0 Å². The predicted octanol–water partition coefficient (Wildman–Crippen LogP) is 2.20. The molecule has 1 saturated heterocycles. The van der Waals surface area contributed by atoms with E-state index in [2.05, 4.69) is 41.8 Å². The van der Waals surface area contributed by atoms with E-state index in [4.69, 9.17) is 0 Å². The summed E-state index contributed by atoms with van der Waals surface area (Å²) in [7, 11) is 0. The van der Waals surface area contributed by atoms with Crippen LogP contribution in [0, 0.1) is 5.92 Å². The number of nitrogens with one attached hydrogen (secondary N) is 1. The quantitative estimate of drug-likeness (QED) is 0.558. The van der Waals surface area contributed by atoms with Crippen molar-refractivity contribution in [2.75, 3.05) is 13.1 Å². The third-order valence-electron chi connectivity index (χ3n) is 2.64. The standard InChI is InChI=1S/C8H16IN/c1-3-8(9)4-5-10-6-7(8)2/h7,10H,3-6H2,1-2H3/t7-,8?/m1/s1. The van der Waals surface area contributed by atoms with Crippen molar-refractivity contribution in [1.82, 2.24) is 5.32 Å². The fourth-order valence-corrected chi connectivity index (χ4v) is 2.06. The van der Waals surface area contributed by atoms with Crippen LogP contribution in [0.25, 0.3) is 0 Å². The fourth-order valence-electron chi connectivity index (χ4n) is 1.57. The van der Waals surface area contributed by atoms with Gasteiger partial charge in [0.25, 0.3) is 0 Å². The highest BCUT2D eigenvalue weighted by Gasteiger charge is 2.33. The predicted molar refractivity (Wildman–Crippen MR) is 53.7 cm³/mol. The molecule has 0 amide bonds. The number of rotatable bonds is 1. The minimum Gasteiger partial charge on any atom is -0.316 e. The van der Waals surface area contributed by atoms with Gasteiger partial charge in [-0.25, -0.2) is 0 Å². The maximum atomic E-state index is 3.42. The van der Waals surface area contributed by atoms with Crippen molar-refractivity contribution in [3.05, 3.63) is 0 Å². The molecule has 1 heterocycles. The molecule has 60 valence electrons. The Morgan fingerprint density at radius 3 is 2.80 bits per heavy atom. The van der Waals surface area contributed by atoms with Gasteiger partial charge in [-0.3, -0.25) is 0 Å². The van der Waals surface area contributed by atoms with E-state index in [9.17, 15) is 0 Å². The van der Waals surface area contributed by atoms with E-state index in [1.807, 2.05) is 0 Å². The number of hydrogen-bond donors (Lipinski definition) is 1. The second-order valence-corrected chi connectivity index (χ2v) is 5.39. The molecule has 1 aliphatic heterocycles. The normalized spacial score (nSPS) is 41.7. The molecule has 0 aromatic heterocycles. The molecule has 1 unspecified atom stereocenters. The average Bonchev–Trinajstić information content (AvgIpc) is 1.96. The van der Waals surface area contributed by atoms with E-state index in [0.717, 1.165) is 5.92 Å². The molecule has 1 nitrogen and oxygen atoms in total. The van der Waals surface area contributed by atoms with E-state index in [-0.39, 0.29) is 0 Å². The molecule has 1 aliphatic rings. The van der Waals surface area contributed by atoms with Gasteiger partial charge in [0, 0.05) is 3.42 Å². The maximum Gasteiger partial charge on any atom is 0.0269 e. The van der Waals surface area contributed by atoms with Crippen LogP contribution in [0.4, 0.5) is 0 Å². The first-order valence-electron chi connectivity index (χ1n) is 4.08. The highest BCUT2D eigenvalue weighted by molar-refractivity contribution is 14.1. The Hall–Kier alpha value is 0.690. The van der Waals surface area contributed by atoms with Crippen LogP contribution < -0.4 is 5.32 Å². The molecule has 0 saturated carbocycles. The Morgan fingerprint density at radius 1 is 1.70 bits per heavy atom. The summed E-state index contributed by atoms with van der Waals surface area (Å²) in [5.41, 5.74) is 0. The summed E-state index contributed by atoms with van der Waals surface area (Å²) < 4.78 is 0.586. The average molecular weight is 253 g/mol. The van der Waals surface area contributed by atoms with Crippen molar-refractivity contribution < 1.29 is 0 Å². The highest BCUT2D eigenvalue weighted by atomic mass is 127. The van der Waals surface area contributed by atoms with Crippen LogP contribution in [-0.4, -0.2) is 16.5 Å². The summed E-state index contributed by atoms with van der Waals surface area (Å²) in [6.45, 7) is 7.06. The summed E-state index contributed by atoms with van der Waals surface area (Å²) in [6.07, 6.45) is 2.65. The zero-order chi connectivity index (χ0) is 7.61. The first-order valence-corrected chi connectivity index (χ1v) is 5.16. The lowest BCUT2D eigenvalue weighted by molar-refractivity contribution is 0.320. The largest absolute Gasteiger partial charge is 0.316 e. The van der Waals surface area contributed by atoms with E-state index in [0.29, 0.717) is 3.42 Å². The lowest BCUT2D eigenvalue weighted by Gasteiger charge is -2.37. The van der Waals surface area contributed by atoms with Crippen LogP contribution in [0.15, 0.2) is 0 Å². The number of piperidine rings is 1. The zero-order valence-corrected chi connectivity index (χ0v) is 8.94. The molecule has 0 bridgehead atoms. The summed E-state index contributed by atoms with van der Waals surface area (Å²) in [5, 5.41) is 3.42. The van der Waals surface area contributed by atoms with E-state index >= 15 is 0 Å². The topological polar surface area (TPSA) is 12.0 Å². The van der Waals surface area contributed by atoms with Crippen molar-refractivity contribution in [3.8, 4) is 0 Å². The van der Waals surface area contributed by atoms with Crippen molar-refractivity contribution in [2.45, 2.75) is 30.1 Å². The minimum atomic E-state index is 0.586. The van der Waals surface area contributed by atoms with Crippen molar-refractivity contribution in [3.63, 3.8) is 0 Å². The van der Waals surface area contributed by atoms with Crippen LogP contribution in [-0.2, 0) is 0 Å². The maximum absolute atomic E-state index is 3.42. The lowest BCUT2D eigenvalue weighted by atomic mass is 9.86. The van der Waals surface area contributed by atoms with Crippen molar-refractivity contribution >= 4 is 22.6 Å². The molecule has 2 heteroatoms. The molecular formula is C8H16IN. The molecule has 0 radical (unpaired) electrons. The third-order valence-corrected chi connectivity index (χ3v) is 5.00. The molecular weight excluding hydrogens is 237 g/mol. The van der Waals surface area contributed by atoms with Gasteiger partial charge in [0.2, 0.25) is 0 Å². The Labute approximate surface area is 77.1 Å². The summed E-state index contributed by atoms with van der Waals surface area (Å²) in [5.74, 6) is 0.840. The molecule has 2 atom stereocenters. The van der Waals surface area contributed by atoms with Crippen LogP contribution in [0.5, 0.6) is 0 Å². The van der Waals surface area contributed by atoms with E-state index < -0.39 is 0 Å². The van der Waals surface area contributed by atoms with Gasteiger partial charge in [-0.05, 0) is 31.8 Å². The second kappa shape index (κ2) is 3.39. The SMILES string of the molecule is CCC1(I)CCNC[C@H]1C. The molecule has 0 aliphatic carbocycles. The Morgan fingerprint density at radius 2 is 2.40 bits per heavy atom. The molecule has 1 fully saturated rings. The molecule has 1 N–H and O–H groups in total. The van der Waals surface area contributed by atoms with Crippen LogP contribution in [0.3, 0.4) is 0 Å². The molecule has 1 rings (SSSR count). The third kappa shape index (κ3) is 1.64. The molecule has 0 aromatic carbocycles. The van der Waals surface area contributed by atoms with Gasteiger partial charge < -0.3 is 5.32 Å². The van der Waals surface area contributed by atoms with Crippen molar-refractivity contribution in [1.29, 1.82) is 0 Å². The Balaban J connectivity index is 2.54. The summed E-state index contributed by atoms with van der Waals surface area (Å²) >= 11 is 2.64. The van der Waals surface area contributed by atoms with Crippen LogP contribution >= 0.6 is 22.6 Å². The van der Waals surface area contributed by atoms with Gasteiger partial charge in [0.05, 0.1) is 0 Å². The zero-order valence-electron chi connectivity index (χ0n) is 6.78. The lowest BCUT2D eigenvalue weighted by Crippen LogP contribution is -2.44. The first-order chi connectivity index (χ1) is 4.69. The summed E-state index contributed by atoms with van der Waals surface area (Å²) in [6, 6.07) is 0. The van der Waals surface area contributed by atoms with E-state index in [1.165, 1.54) is 25.9 Å². The van der Waals surface area contributed by atoms with Gasteiger partial charge in [-0.1, -0.05) is 36.4 Å². The highest BCUT2D eigenvalue weighted by Crippen LogP contribution is 2.36. The summed E-state index contributed by atoms with van der Waals surface area (Å²) in [4.78, 5) is 0. The fraction of sp³-hybridized carbons (Fsp3) is 1.00. The van der Waals surface area contributed by atoms with E-state index in [1.54, 1.807) is 0 Å². The van der Waals surface area contributed by atoms with Crippen molar-refractivity contribution in [2.24, 2.45) is 5.92 Å². The molecule has 0 spiro atoms. The van der Waals surface area contributed by atoms with Gasteiger partial charge >= 0.3 is 0 Å².